The van der Waals surface area contributed by atoms with Crippen LogP contribution in [0.2, 0.25) is 0 Å². The highest BCUT2D eigenvalue weighted by Gasteiger charge is 2.47. The third kappa shape index (κ3) is 5.36. The van der Waals surface area contributed by atoms with E-state index in [2.05, 4.69) is 20.9 Å². The maximum atomic E-state index is 13.6. The SMILES string of the molecule is CCC(=O)N[C@@H]1CCCC[C@H]1NC(=O)C1Sc2nccc3c2C1NC(=O)N3c1ccc(Oc2ccccc2)cc1C. The van der Waals surface area contributed by atoms with Crippen LogP contribution in [-0.4, -0.2) is 40.2 Å². The average Bonchev–Trinajstić information content (AvgIpc) is 3.35. The van der Waals surface area contributed by atoms with Crippen LogP contribution in [0.5, 0.6) is 11.5 Å². The number of hydrogen-bond donors (Lipinski definition) is 3. The Labute approximate surface area is 243 Å². The van der Waals surface area contributed by atoms with E-state index in [9.17, 15) is 14.4 Å². The molecule has 10 heteroatoms. The van der Waals surface area contributed by atoms with Gasteiger partial charge in [-0.25, -0.2) is 9.78 Å². The fraction of sp³-hybridized carbons (Fsp3) is 0.355. The van der Waals surface area contributed by atoms with Crippen LogP contribution in [-0.2, 0) is 9.59 Å². The number of nitrogens with one attached hydrogen (secondary N) is 3. The van der Waals surface area contributed by atoms with Gasteiger partial charge < -0.3 is 20.7 Å². The summed E-state index contributed by atoms with van der Waals surface area (Å²) in [5, 5.41) is 9.53. The highest BCUT2D eigenvalue weighted by Crippen LogP contribution is 2.51. The average molecular weight is 572 g/mol. The first kappa shape index (κ1) is 27.1. The number of ether oxygens (including phenoxy) is 1. The summed E-state index contributed by atoms with van der Waals surface area (Å²) in [4.78, 5) is 45.5. The standard InChI is InChI=1S/C31H33N5O4S/c1-3-25(37)33-21-11-7-8-12-22(21)34-29(38)28-27-26-24(15-16-32-30(26)41-28)36(31(39)35-27)23-14-13-20(17-18(23)2)40-19-9-5-4-6-10-19/h4-6,9-10,13-17,21-22,27-28H,3,7-8,11-12H2,1-2H3,(H,33,37)(H,34,38)(H,35,39)/t21-,22-,27?,28?/m1/s1. The van der Waals surface area contributed by atoms with E-state index in [1.54, 1.807) is 11.1 Å². The largest absolute Gasteiger partial charge is 0.457 e. The molecule has 2 unspecified atom stereocenters. The summed E-state index contributed by atoms with van der Waals surface area (Å²) in [5.41, 5.74) is 3.16. The first-order valence-electron chi connectivity index (χ1n) is 14.1. The molecule has 1 aromatic heterocycles. The number of anilines is 2. The molecule has 6 rings (SSSR count). The minimum Gasteiger partial charge on any atom is -0.457 e. The van der Waals surface area contributed by atoms with Crippen molar-refractivity contribution in [1.29, 1.82) is 0 Å². The molecule has 1 saturated carbocycles. The van der Waals surface area contributed by atoms with Gasteiger partial charge in [0.05, 0.1) is 17.4 Å². The van der Waals surface area contributed by atoms with Gasteiger partial charge in [-0.15, -0.1) is 0 Å². The number of para-hydroxylation sites is 1. The molecule has 2 aromatic carbocycles. The lowest BCUT2D eigenvalue weighted by Gasteiger charge is -2.36. The molecule has 0 spiro atoms. The molecule has 3 heterocycles. The number of pyridine rings is 1. The molecule has 1 fully saturated rings. The minimum atomic E-state index is -0.558. The molecule has 0 radical (unpaired) electrons. The second-order valence-corrected chi connectivity index (χ2v) is 11.8. The van der Waals surface area contributed by atoms with E-state index in [4.69, 9.17) is 4.74 Å². The van der Waals surface area contributed by atoms with Crippen molar-refractivity contribution in [3.8, 4) is 11.5 Å². The molecular formula is C31H33N5O4S. The van der Waals surface area contributed by atoms with Crippen molar-refractivity contribution in [3.05, 3.63) is 71.9 Å². The summed E-state index contributed by atoms with van der Waals surface area (Å²) in [6.07, 6.45) is 5.75. The second-order valence-electron chi connectivity index (χ2n) is 10.6. The third-order valence-electron chi connectivity index (χ3n) is 7.91. The zero-order valence-corrected chi connectivity index (χ0v) is 23.9. The van der Waals surface area contributed by atoms with E-state index in [0.717, 1.165) is 59.0 Å². The zero-order chi connectivity index (χ0) is 28.5. The summed E-state index contributed by atoms with van der Waals surface area (Å²) in [6, 6.07) is 16.0. The fourth-order valence-electron chi connectivity index (χ4n) is 5.88. The van der Waals surface area contributed by atoms with Gasteiger partial charge in [-0.1, -0.05) is 49.7 Å². The van der Waals surface area contributed by atoms with Gasteiger partial charge in [0.25, 0.3) is 0 Å². The molecule has 4 amide bonds. The highest BCUT2D eigenvalue weighted by molar-refractivity contribution is 8.01. The predicted molar refractivity (Wildman–Crippen MR) is 158 cm³/mol. The molecule has 9 nitrogen and oxygen atoms in total. The van der Waals surface area contributed by atoms with Crippen molar-refractivity contribution in [1.82, 2.24) is 20.9 Å². The van der Waals surface area contributed by atoms with E-state index < -0.39 is 11.3 Å². The number of rotatable bonds is 7. The number of urea groups is 1. The summed E-state index contributed by atoms with van der Waals surface area (Å²) < 4.78 is 5.98. The van der Waals surface area contributed by atoms with Crippen molar-refractivity contribution < 1.29 is 19.1 Å². The number of benzene rings is 2. The molecule has 41 heavy (non-hydrogen) atoms. The van der Waals surface area contributed by atoms with E-state index >= 15 is 0 Å². The lowest BCUT2D eigenvalue weighted by atomic mass is 9.89. The molecule has 1 aliphatic carbocycles. The van der Waals surface area contributed by atoms with Crippen LogP contribution >= 0.6 is 11.8 Å². The van der Waals surface area contributed by atoms with Gasteiger partial charge in [0.1, 0.15) is 21.8 Å². The molecular weight excluding hydrogens is 538 g/mol. The van der Waals surface area contributed by atoms with Gasteiger partial charge in [0, 0.05) is 30.3 Å². The first-order chi connectivity index (χ1) is 19.9. The van der Waals surface area contributed by atoms with Crippen molar-refractivity contribution in [3.63, 3.8) is 0 Å². The molecule has 2 aliphatic heterocycles. The summed E-state index contributed by atoms with van der Waals surface area (Å²) in [5.74, 6) is 1.25. The predicted octanol–water partition coefficient (Wildman–Crippen LogP) is 5.51. The van der Waals surface area contributed by atoms with Crippen molar-refractivity contribution in [2.75, 3.05) is 4.90 Å². The zero-order valence-electron chi connectivity index (χ0n) is 23.1. The van der Waals surface area contributed by atoms with Crippen LogP contribution in [0.1, 0.15) is 56.2 Å². The second kappa shape index (κ2) is 11.4. The molecule has 3 aromatic rings. The Kier molecular flexibility index (Phi) is 7.57. The number of amides is 4. The Morgan fingerprint density at radius 2 is 1.78 bits per heavy atom. The summed E-state index contributed by atoms with van der Waals surface area (Å²) >= 11 is 1.37. The Hall–Kier alpha value is -4.05. The first-order valence-corrected chi connectivity index (χ1v) is 15.0. The smallest absolute Gasteiger partial charge is 0.327 e. The lowest BCUT2D eigenvalue weighted by molar-refractivity contribution is -0.124. The number of carbonyl (C=O) groups is 3. The van der Waals surface area contributed by atoms with E-state index in [1.807, 2.05) is 68.4 Å². The van der Waals surface area contributed by atoms with Gasteiger partial charge in [-0.05, 0) is 61.7 Å². The van der Waals surface area contributed by atoms with Crippen LogP contribution in [0.3, 0.4) is 0 Å². The van der Waals surface area contributed by atoms with Crippen LogP contribution in [0.25, 0.3) is 0 Å². The highest BCUT2D eigenvalue weighted by atomic mass is 32.2. The molecule has 3 aliphatic rings. The molecule has 0 bridgehead atoms. The van der Waals surface area contributed by atoms with E-state index in [-0.39, 0.29) is 29.9 Å². The monoisotopic (exact) mass is 571 g/mol. The van der Waals surface area contributed by atoms with Gasteiger partial charge in [0.15, 0.2) is 0 Å². The number of aromatic nitrogens is 1. The van der Waals surface area contributed by atoms with Crippen LogP contribution in [0.4, 0.5) is 16.2 Å². The van der Waals surface area contributed by atoms with Gasteiger partial charge in [0.2, 0.25) is 11.8 Å². The lowest BCUT2D eigenvalue weighted by Crippen LogP contribution is -2.56. The minimum absolute atomic E-state index is 0.0118. The van der Waals surface area contributed by atoms with E-state index in [0.29, 0.717) is 12.2 Å². The Morgan fingerprint density at radius 3 is 2.51 bits per heavy atom. The van der Waals surface area contributed by atoms with Gasteiger partial charge in [-0.3, -0.25) is 14.5 Å². The Bertz CT molecular complexity index is 1480. The number of nitrogens with zero attached hydrogens (tertiary/aromatic N) is 2. The summed E-state index contributed by atoms with van der Waals surface area (Å²) in [7, 11) is 0. The Balaban J connectivity index is 1.23. The van der Waals surface area contributed by atoms with E-state index in [1.165, 1.54) is 11.8 Å². The number of thioether (sulfide) groups is 1. The van der Waals surface area contributed by atoms with Crippen LogP contribution in [0, 0.1) is 6.92 Å². The van der Waals surface area contributed by atoms with Crippen molar-refractivity contribution in [2.45, 2.75) is 74.4 Å². The van der Waals surface area contributed by atoms with Crippen molar-refractivity contribution in [2.24, 2.45) is 0 Å². The molecule has 4 atom stereocenters. The van der Waals surface area contributed by atoms with Crippen molar-refractivity contribution >= 4 is 41.0 Å². The molecule has 0 saturated heterocycles. The van der Waals surface area contributed by atoms with Crippen LogP contribution < -0.4 is 25.6 Å². The Morgan fingerprint density at radius 1 is 1.02 bits per heavy atom. The number of carbonyl (C=O) groups excluding carboxylic acids is 3. The molecule has 212 valence electrons. The summed E-state index contributed by atoms with van der Waals surface area (Å²) in [6.45, 7) is 3.77. The maximum Gasteiger partial charge on any atom is 0.327 e. The quantitative estimate of drug-likeness (QED) is 0.345. The topological polar surface area (TPSA) is 113 Å². The van der Waals surface area contributed by atoms with Gasteiger partial charge in [-0.2, -0.15) is 0 Å². The van der Waals surface area contributed by atoms with Crippen LogP contribution in [0.15, 0.2) is 65.8 Å². The number of aryl methyl sites for hydroxylation is 1. The third-order valence-corrected chi connectivity index (χ3v) is 9.20. The van der Waals surface area contributed by atoms with Gasteiger partial charge >= 0.3 is 6.03 Å². The molecule has 3 N–H and O–H groups in total. The fourth-order valence-corrected chi connectivity index (χ4v) is 7.12. The normalized spacial score (nSPS) is 22.9. The number of hydrogen-bond acceptors (Lipinski definition) is 6. The maximum absolute atomic E-state index is 13.6.